The van der Waals surface area contributed by atoms with E-state index in [1.54, 1.807) is 0 Å². The highest BCUT2D eigenvalue weighted by Gasteiger charge is 2.08. The lowest BCUT2D eigenvalue weighted by Gasteiger charge is -2.10. The SMILES string of the molecule is COCC(O)c1ccc(OC(F)F)cc1. The van der Waals surface area contributed by atoms with Crippen LogP contribution in [0.2, 0.25) is 0 Å². The summed E-state index contributed by atoms with van der Waals surface area (Å²) in [6.07, 6.45) is -0.754. The lowest BCUT2D eigenvalue weighted by molar-refractivity contribution is -0.0498. The first-order chi connectivity index (χ1) is 7.13. The second-order valence-electron chi connectivity index (χ2n) is 2.92. The van der Waals surface area contributed by atoms with Crippen LogP contribution in [0.5, 0.6) is 5.75 Å². The molecule has 0 spiro atoms. The van der Waals surface area contributed by atoms with Gasteiger partial charge in [0.05, 0.1) is 6.61 Å². The van der Waals surface area contributed by atoms with Crippen LogP contribution in [0.15, 0.2) is 24.3 Å². The van der Waals surface area contributed by atoms with Gasteiger partial charge in [0.15, 0.2) is 0 Å². The molecule has 0 aliphatic heterocycles. The zero-order valence-electron chi connectivity index (χ0n) is 8.19. The standard InChI is InChI=1S/C10H12F2O3/c1-14-6-9(13)7-2-4-8(5-3-7)15-10(11)12/h2-5,9-10,13H,6H2,1H3. The second-order valence-corrected chi connectivity index (χ2v) is 2.92. The van der Waals surface area contributed by atoms with E-state index in [1.165, 1.54) is 31.4 Å². The van der Waals surface area contributed by atoms with Crippen LogP contribution >= 0.6 is 0 Å². The number of benzene rings is 1. The maximum absolute atomic E-state index is 11.8. The van der Waals surface area contributed by atoms with Crippen molar-refractivity contribution in [2.75, 3.05) is 13.7 Å². The van der Waals surface area contributed by atoms with Crippen molar-refractivity contribution in [3.8, 4) is 5.75 Å². The fraction of sp³-hybridized carbons (Fsp3) is 0.400. The minimum absolute atomic E-state index is 0.0679. The first-order valence-electron chi connectivity index (χ1n) is 4.35. The average Bonchev–Trinajstić information content (AvgIpc) is 2.18. The van der Waals surface area contributed by atoms with E-state index in [0.29, 0.717) is 5.56 Å². The van der Waals surface area contributed by atoms with Gasteiger partial charge in [-0.3, -0.25) is 0 Å². The van der Waals surface area contributed by atoms with Gasteiger partial charge in [0, 0.05) is 7.11 Å². The van der Waals surface area contributed by atoms with Crippen LogP contribution in [0.1, 0.15) is 11.7 Å². The molecule has 0 fully saturated rings. The molecule has 1 N–H and O–H groups in total. The maximum Gasteiger partial charge on any atom is 0.387 e. The van der Waals surface area contributed by atoms with Crippen LogP contribution < -0.4 is 4.74 Å². The van der Waals surface area contributed by atoms with Crippen LogP contribution in [-0.2, 0) is 4.74 Å². The minimum atomic E-state index is -2.83. The van der Waals surface area contributed by atoms with Gasteiger partial charge >= 0.3 is 6.61 Å². The largest absolute Gasteiger partial charge is 0.435 e. The van der Waals surface area contributed by atoms with Crippen molar-refractivity contribution >= 4 is 0 Å². The van der Waals surface area contributed by atoms with Crippen molar-refractivity contribution < 1.29 is 23.4 Å². The number of hydrogen-bond donors (Lipinski definition) is 1. The Morgan fingerprint density at radius 3 is 2.33 bits per heavy atom. The van der Waals surface area contributed by atoms with Gasteiger partial charge in [0.1, 0.15) is 11.9 Å². The van der Waals surface area contributed by atoms with E-state index < -0.39 is 12.7 Å². The lowest BCUT2D eigenvalue weighted by Crippen LogP contribution is -2.05. The molecule has 1 unspecified atom stereocenters. The highest BCUT2D eigenvalue weighted by Crippen LogP contribution is 2.19. The van der Waals surface area contributed by atoms with Gasteiger partial charge in [-0.15, -0.1) is 0 Å². The monoisotopic (exact) mass is 218 g/mol. The van der Waals surface area contributed by atoms with E-state index in [9.17, 15) is 13.9 Å². The Labute approximate surface area is 86.2 Å². The smallest absolute Gasteiger partial charge is 0.387 e. The number of hydrogen-bond acceptors (Lipinski definition) is 3. The summed E-state index contributed by atoms with van der Waals surface area (Å²) in [5, 5.41) is 9.48. The predicted molar refractivity (Wildman–Crippen MR) is 49.9 cm³/mol. The molecule has 1 rings (SSSR count). The molecule has 0 heterocycles. The first-order valence-corrected chi connectivity index (χ1v) is 4.35. The molecule has 5 heteroatoms. The molecule has 0 saturated carbocycles. The molecule has 1 aromatic carbocycles. The quantitative estimate of drug-likeness (QED) is 0.821. The maximum atomic E-state index is 11.8. The zero-order valence-corrected chi connectivity index (χ0v) is 8.19. The number of aliphatic hydroxyl groups is 1. The van der Waals surface area contributed by atoms with Crippen LogP contribution in [0.3, 0.4) is 0 Å². The Morgan fingerprint density at radius 1 is 1.27 bits per heavy atom. The summed E-state index contributed by atoms with van der Waals surface area (Å²) >= 11 is 0. The number of ether oxygens (including phenoxy) is 2. The van der Waals surface area contributed by atoms with E-state index >= 15 is 0 Å². The van der Waals surface area contributed by atoms with Gasteiger partial charge in [-0.05, 0) is 17.7 Å². The number of rotatable bonds is 5. The summed E-state index contributed by atoms with van der Waals surface area (Å²) in [5.41, 5.74) is 0.596. The molecule has 0 bridgehead atoms. The fourth-order valence-electron chi connectivity index (χ4n) is 1.13. The van der Waals surface area contributed by atoms with E-state index in [0.717, 1.165) is 0 Å². The van der Waals surface area contributed by atoms with Gasteiger partial charge in [-0.2, -0.15) is 8.78 Å². The fourth-order valence-corrected chi connectivity index (χ4v) is 1.13. The van der Waals surface area contributed by atoms with Gasteiger partial charge in [0.25, 0.3) is 0 Å². The normalized spacial score (nSPS) is 12.9. The van der Waals surface area contributed by atoms with Gasteiger partial charge < -0.3 is 14.6 Å². The van der Waals surface area contributed by atoms with Crippen molar-refractivity contribution in [1.82, 2.24) is 0 Å². The van der Waals surface area contributed by atoms with Crippen LogP contribution in [0.4, 0.5) is 8.78 Å². The molecule has 84 valence electrons. The second kappa shape index (κ2) is 5.63. The van der Waals surface area contributed by atoms with Crippen molar-refractivity contribution in [3.63, 3.8) is 0 Å². The summed E-state index contributed by atoms with van der Waals surface area (Å²) in [7, 11) is 1.47. The molecule has 1 atom stereocenters. The Bertz CT molecular complexity index is 287. The number of alkyl halides is 2. The molecule has 0 aliphatic carbocycles. The van der Waals surface area contributed by atoms with Crippen molar-refractivity contribution in [2.24, 2.45) is 0 Å². The number of halogens is 2. The third-order valence-electron chi connectivity index (χ3n) is 1.81. The first kappa shape index (κ1) is 11.9. The molecule has 0 aromatic heterocycles. The molecule has 0 amide bonds. The average molecular weight is 218 g/mol. The molecule has 0 saturated heterocycles. The van der Waals surface area contributed by atoms with Crippen molar-refractivity contribution in [3.05, 3.63) is 29.8 Å². The van der Waals surface area contributed by atoms with Gasteiger partial charge in [-0.25, -0.2) is 0 Å². The lowest BCUT2D eigenvalue weighted by atomic mass is 10.1. The molecule has 0 radical (unpaired) electrons. The topological polar surface area (TPSA) is 38.7 Å². The summed E-state index contributed by atoms with van der Waals surface area (Å²) in [5.74, 6) is 0.0679. The van der Waals surface area contributed by atoms with Crippen LogP contribution in [0, 0.1) is 0 Å². The van der Waals surface area contributed by atoms with Gasteiger partial charge in [-0.1, -0.05) is 12.1 Å². The highest BCUT2D eigenvalue weighted by atomic mass is 19.3. The van der Waals surface area contributed by atoms with Crippen LogP contribution in [0.25, 0.3) is 0 Å². The van der Waals surface area contributed by atoms with Gasteiger partial charge in [0.2, 0.25) is 0 Å². The Morgan fingerprint density at radius 2 is 1.87 bits per heavy atom. The summed E-state index contributed by atoms with van der Waals surface area (Å²) in [6.45, 7) is -2.67. The highest BCUT2D eigenvalue weighted by molar-refractivity contribution is 5.28. The van der Waals surface area contributed by atoms with Crippen molar-refractivity contribution in [1.29, 1.82) is 0 Å². The van der Waals surface area contributed by atoms with Crippen molar-refractivity contribution in [2.45, 2.75) is 12.7 Å². The Kier molecular flexibility index (Phi) is 4.45. The number of methoxy groups -OCH3 is 1. The Balaban J connectivity index is 2.63. The molecule has 1 aromatic rings. The van der Waals surface area contributed by atoms with E-state index in [-0.39, 0.29) is 12.4 Å². The van der Waals surface area contributed by atoms with E-state index in [2.05, 4.69) is 4.74 Å². The number of aliphatic hydroxyl groups excluding tert-OH is 1. The zero-order chi connectivity index (χ0) is 11.3. The third-order valence-corrected chi connectivity index (χ3v) is 1.81. The summed E-state index contributed by atoms with van der Waals surface area (Å²) in [4.78, 5) is 0. The van der Waals surface area contributed by atoms with E-state index in [1.807, 2.05) is 0 Å². The summed E-state index contributed by atoms with van der Waals surface area (Å²) < 4.78 is 32.5. The Hall–Kier alpha value is -1.20. The van der Waals surface area contributed by atoms with E-state index in [4.69, 9.17) is 4.74 Å². The third kappa shape index (κ3) is 3.81. The molecule has 15 heavy (non-hydrogen) atoms. The minimum Gasteiger partial charge on any atom is -0.435 e. The molecule has 0 aliphatic rings. The van der Waals surface area contributed by atoms with Crippen LogP contribution in [-0.4, -0.2) is 25.4 Å². The predicted octanol–water partition coefficient (Wildman–Crippen LogP) is 1.97. The molecular formula is C10H12F2O3. The molecular weight excluding hydrogens is 206 g/mol. The summed E-state index contributed by atoms with van der Waals surface area (Å²) in [6, 6.07) is 5.78. The molecule has 3 nitrogen and oxygen atoms in total.